The van der Waals surface area contributed by atoms with Crippen LogP contribution in [0.25, 0.3) is 0 Å². The summed E-state index contributed by atoms with van der Waals surface area (Å²) >= 11 is 0. The molecule has 0 atom stereocenters. The second-order valence-electron chi connectivity index (χ2n) is 4.84. The van der Waals surface area contributed by atoms with E-state index in [0.29, 0.717) is 6.61 Å². The average Bonchev–Trinajstić information content (AvgIpc) is 2.40. The molecule has 0 spiro atoms. The molecule has 1 aromatic rings. The van der Waals surface area contributed by atoms with Crippen LogP contribution < -0.4 is 5.43 Å². The van der Waals surface area contributed by atoms with Crippen LogP contribution in [0.2, 0.25) is 0 Å². The zero-order chi connectivity index (χ0) is 12.8. The Hall–Kier alpha value is -1.55. The third-order valence-electron chi connectivity index (χ3n) is 3.25. The fourth-order valence-electron chi connectivity index (χ4n) is 2.00. The quantitative estimate of drug-likeness (QED) is 0.893. The summed E-state index contributed by atoms with van der Waals surface area (Å²) in [6.07, 6.45) is 1.88. The Bertz CT molecular complexity index is 373. The normalized spacial score (nSPS) is 17.4. The highest BCUT2D eigenvalue weighted by Crippen LogP contribution is 2.14. The lowest BCUT2D eigenvalue weighted by atomic mass is 10.0. The van der Waals surface area contributed by atoms with Gasteiger partial charge in [-0.15, -0.1) is 0 Å². The average molecular weight is 248 g/mol. The van der Waals surface area contributed by atoms with Gasteiger partial charge in [-0.25, -0.2) is 9.80 Å². The molecule has 4 nitrogen and oxygen atoms in total. The molecule has 98 valence electrons. The fraction of sp³-hybridized carbons (Fsp3) is 0.500. The van der Waals surface area contributed by atoms with Crippen molar-refractivity contribution in [3.05, 3.63) is 35.9 Å². The summed E-state index contributed by atoms with van der Waals surface area (Å²) in [5.74, 6) is 0.753. The maximum Gasteiger partial charge on any atom is 0.422 e. The summed E-state index contributed by atoms with van der Waals surface area (Å²) in [7, 11) is 0. The maximum atomic E-state index is 11.6. The minimum absolute atomic E-state index is 0.316. The van der Waals surface area contributed by atoms with Gasteiger partial charge in [-0.3, -0.25) is 5.43 Å². The lowest BCUT2D eigenvalue weighted by Crippen LogP contribution is -2.46. The molecule has 2 rings (SSSR count). The summed E-state index contributed by atoms with van der Waals surface area (Å²) in [4.78, 5) is 11.6. The number of carbonyl (C=O) groups is 1. The molecule has 1 aromatic carbocycles. The molecule has 1 heterocycles. The van der Waals surface area contributed by atoms with Crippen LogP contribution in [0.1, 0.15) is 25.3 Å². The monoisotopic (exact) mass is 248 g/mol. The van der Waals surface area contributed by atoms with Gasteiger partial charge in [-0.2, -0.15) is 0 Å². The van der Waals surface area contributed by atoms with E-state index in [1.54, 1.807) is 0 Å². The van der Waals surface area contributed by atoms with Crippen LogP contribution in [0.3, 0.4) is 0 Å². The zero-order valence-corrected chi connectivity index (χ0v) is 10.8. The molecule has 1 aliphatic heterocycles. The van der Waals surface area contributed by atoms with Crippen molar-refractivity contribution in [2.75, 3.05) is 13.1 Å². The largest absolute Gasteiger partial charge is 0.444 e. The number of carbonyl (C=O) groups excluding carboxylic acids is 1. The first-order chi connectivity index (χ1) is 8.74. The van der Waals surface area contributed by atoms with Gasteiger partial charge >= 0.3 is 6.09 Å². The first-order valence-corrected chi connectivity index (χ1v) is 6.46. The van der Waals surface area contributed by atoms with E-state index < -0.39 is 0 Å². The van der Waals surface area contributed by atoms with Gasteiger partial charge in [0.05, 0.1) is 0 Å². The summed E-state index contributed by atoms with van der Waals surface area (Å²) < 4.78 is 5.17. The van der Waals surface area contributed by atoms with E-state index in [2.05, 4.69) is 12.3 Å². The van der Waals surface area contributed by atoms with E-state index in [9.17, 15) is 4.79 Å². The van der Waals surface area contributed by atoms with Crippen molar-refractivity contribution < 1.29 is 9.53 Å². The van der Waals surface area contributed by atoms with Crippen molar-refractivity contribution in [2.45, 2.75) is 26.4 Å². The summed E-state index contributed by atoms with van der Waals surface area (Å²) in [6.45, 7) is 4.37. The Balaban J connectivity index is 1.69. The van der Waals surface area contributed by atoms with Crippen molar-refractivity contribution >= 4 is 6.09 Å². The molecule has 0 unspecified atom stereocenters. The third-order valence-corrected chi connectivity index (χ3v) is 3.25. The van der Waals surface area contributed by atoms with Crippen LogP contribution in [0.5, 0.6) is 0 Å². The van der Waals surface area contributed by atoms with Crippen LogP contribution in [0.4, 0.5) is 4.79 Å². The lowest BCUT2D eigenvalue weighted by molar-refractivity contribution is 0.0828. The molecule has 0 aliphatic carbocycles. The highest BCUT2D eigenvalue weighted by molar-refractivity contribution is 5.66. The highest BCUT2D eigenvalue weighted by atomic mass is 16.6. The van der Waals surface area contributed by atoms with Gasteiger partial charge in [0.25, 0.3) is 0 Å². The third kappa shape index (κ3) is 4.04. The van der Waals surface area contributed by atoms with E-state index >= 15 is 0 Å². The predicted molar refractivity (Wildman–Crippen MR) is 69.7 cm³/mol. The summed E-state index contributed by atoms with van der Waals surface area (Å²) in [5, 5.41) is 1.94. The number of ether oxygens (including phenoxy) is 1. The van der Waals surface area contributed by atoms with Crippen molar-refractivity contribution in [1.29, 1.82) is 0 Å². The molecular formula is C14H20N2O2. The van der Waals surface area contributed by atoms with E-state index in [0.717, 1.165) is 37.4 Å². The molecule has 0 aromatic heterocycles. The molecular weight excluding hydrogens is 228 g/mol. The SMILES string of the molecule is CC1CCN(NC(=O)OCc2ccccc2)CC1. The number of hydrazine groups is 1. The Morgan fingerprint density at radius 1 is 1.33 bits per heavy atom. The lowest BCUT2D eigenvalue weighted by Gasteiger charge is -2.29. The molecule has 1 N–H and O–H groups in total. The van der Waals surface area contributed by atoms with E-state index in [1.165, 1.54) is 0 Å². The van der Waals surface area contributed by atoms with Crippen molar-refractivity contribution in [1.82, 2.24) is 10.4 Å². The highest BCUT2D eigenvalue weighted by Gasteiger charge is 2.17. The Morgan fingerprint density at radius 2 is 2.00 bits per heavy atom. The number of nitrogens with one attached hydrogen (secondary N) is 1. The second-order valence-corrected chi connectivity index (χ2v) is 4.84. The minimum atomic E-state index is -0.367. The van der Waals surface area contributed by atoms with Gasteiger partial charge in [0, 0.05) is 13.1 Å². The van der Waals surface area contributed by atoms with Gasteiger partial charge in [0.2, 0.25) is 0 Å². The molecule has 1 aliphatic rings. The van der Waals surface area contributed by atoms with Crippen LogP contribution in [0, 0.1) is 5.92 Å². The number of rotatable bonds is 3. The Morgan fingerprint density at radius 3 is 2.67 bits per heavy atom. The summed E-state index contributed by atoms with van der Waals surface area (Å²) in [6, 6.07) is 9.69. The number of piperidine rings is 1. The first kappa shape index (κ1) is 12.9. The summed E-state index contributed by atoms with van der Waals surface area (Å²) in [5.41, 5.74) is 3.78. The van der Waals surface area contributed by atoms with E-state index in [-0.39, 0.29) is 6.09 Å². The zero-order valence-electron chi connectivity index (χ0n) is 10.8. The number of amides is 1. The van der Waals surface area contributed by atoms with E-state index in [1.807, 2.05) is 35.3 Å². The minimum Gasteiger partial charge on any atom is -0.444 e. The fourth-order valence-corrected chi connectivity index (χ4v) is 2.00. The molecule has 4 heteroatoms. The maximum absolute atomic E-state index is 11.6. The number of hydrogen-bond donors (Lipinski definition) is 1. The van der Waals surface area contributed by atoms with E-state index in [4.69, 9.17) is 4.74 Å². The molecule has 0 saturated carbocycles. The van der Waals surface area contributed by atoms with Crippen LogP contribution >= 0.6 is 0 Å². The van der Waals surface area contributed by atoms with Crippen molar-refractivity contribution in [3.63, 3.8) is 0 Å². The predicted octanol–water partition coefficient (Wildman–Crippen LogP) is 2.56. The first-order valence-electron chi connectivity index (χ1n) is 6.46. The van der Waals surface area contributed by atoms with Gasteiger partial charge in [-0.1, -0.05) is 37.3 Å². The molecule has 0 bridgehead atoms. The topological polar surface area (TPSA) is 41.6 Å². The number of benzene rings is 1. The Labute approximate surface area is 108 Å². The molecule has 1 fully saturated rings. The van der Waals surface area contributed by atoms with Gasteiger partial charge in [-0.05, 0) is 24.3 Å². The van der Waals surface area contributed by atoms with Gasteiger partial charge in [0.1, 0.15) is 6.61 Å². The molecule has 18 heavy (non-hydrogen) atoms. The van der Waals surface area contributed by atoms with Crippen molar-refractivity contribution in [2.24, 2.45) is 5.92 Å². The standard InChI is InChI=1S/C14H20N2O2/c1-12-7-9-16(10-8-12)15-14(17)18-11-13-5-3-2-4-6-13/h2-6,12H,7-11H2,1H3,(H,15,17). The van der Waals surface area contributed by atoms with Crippen molar-refractivity contribution in [3.8, 4) is 0 Å². The number of nitrogens with zero attached hydrogens (tertiary/aromatic N) is 1. The van der Waals surface area contributed by atoms with Crippen LogP contribution in [0.15, 0.2) is 30.3 Å². The molecule has 0 radical (unpaired) electrons. The molecule has 1 amide bonds. The van der Waals surface area contributed by atoms with Gasteiger partial charge < -0.3 is 4.74 Å². The Kier molecular flexibility index (Phi) is 4.59. The second kappa shape index (κ2) is 6.40. The van der Waals surface area contributed by atoms with Gasteiger partial charge in [0.15, 0.2) is 0 Å². The van der Waals surface area contributed by atoms with Crippen LogP contribution in [-0.2, 0) is 11.3 Å². The smallest absolute Gasteiger partial charge is 0.422 e. The van der Waals surface area contributed by atoms with Crippen LogP contribution in [-0.4, -0.2) is 24.2 Å². The molecule has 1 saturated heterocycles. The number of hydrogen-bond acceptors (Lipinski definition) is 3.